The van der Waals surface area contributed by atoms with Crippen molar-refractivity contribution in [2.24, 2.45) is 11.8 Å². The van der Waals surface area contributed by atoms with Crippen molar-refractivity contribution in [2.45, 2.75) is 71.2 Å². The van der Waals surface area contributed by atoms with E-state index < -0.39 is 0 Å². The summed E-state index contributed by atoms with van der Waals surface area (Å²) in [7, 11) is 0. The predicted molar refractivity (Wildman–Crippen MR) is 134 cm³/mol. The van der Waals surface area contributed by atoms with Crippen LogP contribution in [0.25, 0.3) is 0 Å². The molecule has 0 amide bonds. The van der Waals surface area contributed by atoms with Gasteiger partial charge in [-0.15, -0.1) is 0 Å². The fourth-order valence-electron chi connectivity index (χ4n) is 4.11. The molecule has 30 heavy (non-hydrogen) atoms. The van der Waals surface area contributed by atoms with Gasteiger partial charge in [-0.25, -0.2) is 0 Å². The quantitative estimate of drug-likeness (QED) is 0.308. The average Bonchev–Trinajstić information content (AvgIpc) is 2.78. The van der Waals surface area contributed by atoms with Crippen LogP contribution in [0, 0.1) is 11.8 Å². The molecule has 0 heterocycles. The normalized spacial score (nSPS) is 19.5. The predicted octanol–water partition coefficient (Wildman–Crippen LogP) is 6.62. The van der Waals surface area contributed by atoms with E-state index in [9.17, 15) is 5.11 Å². The van der Waals surface area contributed by atoms with Gasteiger partial charge in [-0.2, -0.15) is 0 Å². The Morgan fingerprint density at radius 3 is 2.57 bits per heavy atom. The van der Waals surface area contributed by atoms with Crippen molar-refractivity contribution in [2.75, 3.05) is 0 Å². The summed E-state index contributed by atoms with van der Waals surface area (Å²) in [5, 5.41) is 10.8. The van der Waals surface area contributed by atoms with E-state index in [0.717, 1.165) is 25.6 Å². The van der Waals surface area contributed by atoms with E-state index in [4.69, 9.17) is 0 Å². The van der Waals surface area contributed by atoms with Gasteiger partial charge >= 0.3 is 185 Å². The van der Waals surface area contributed by atoms with Gasteiger partial charge in [-0.05, 0) is 0 Å². The van der Waals surface area contributed by atoms with Crippen molar-refractivity contribution in [1.82, 2.24) is 0 Å². The van der Waals surface area contributed by atoms with Crippen LogP contribution in [-0.4, -0.2) is 23.6 Å². The maximum atomic E-state index is 10.8. The molecule has 2 rings (SSSR count). The minimum absolute atomic E-state index is 0.119. The third kappa shape index (κ3) is 8.07. The van der Waals surface area contributed by atoms with Crippen molar-refractivity contribution < 1.29 is 5.11 Å². The number of rotatable bonds is 12. The molecular weight excluding hydrogens is 363 g/mol. The van der Waals surface area contributed by atoms with E-state index in [-0.39, 0.29) is 12.0 Å². The van der Waals surface area contributed by atoms with Gasteiger partial charge in [0.2, 0.25) is 0 Å². The van der Waals surface area contributed by atoms with Gasteiger partial charge < -0.3 is 0 Å². The summed E-state index contributed by atoms with van der Waals surface area (Å²) in [5.74, 6) is 1.30. The molecule has 1 aromatic carbocycles. The van der Waals surface area contributed by atoms with Crippen molar-refractivity contribution in [3.63, 3.8) is 0 Å². The van der Waals surface area contributed by atoms with Crippen LogP contribution in [0.2, 0.25) is 0 Å². The molecule has 1 aliphatic rings. The second kappa shape index (κ2) is 13.4. The molecule has 0 saturated carbocycles. The molecule has 1 nitrogen and oxygen atoms in total. The number of hydrogen-bond acceptors (Lipinski definition) is 1. The molecule has 2 heteroatoms. The van der Waals surface area contributed by atoms with Gasteiger partial charge in [-0.1, -0.05) is 0 Å². The molecule has 0 fully saturated rings. The van der Waals surface area contributed by atoms with Crippen LogP contribution in [-0.2, 0) is 6.32 Å². The van der Waals surface area contributed by atoms with Crippen LogP contribution in [0.15, 0.2) is 73.4 Å². The summed E-state index contributed by atoms with van der Waals surface area (Å²) >= 11 is 0. The van der Waals surface area contributed by atoms with E-state index in [2.05, 4.69) is 88.9 Å². The minimum atomic E-state index is -0.307. The zero-order valence-corrected chi connectivity index (χ0v) is 19.1. The van der Waals surface area contributed by atoms with Gasteiger partial charge in [0.1, 0.15) is 0 Å². The molecule has 4 atom stereocenters. The Labute approximate surface area is 185 Å². The first-order valence-corrected chi connectivity index (χ1v) is 11.6. The second-order valence-electron chi connectivity index (χ2n) is 8.73. The Kier molecular flexibility index (Phi) is 10.9. The van der Waals surface area contributed by atoms with Gasteiger partial charge in [-0.3, -0.25) is 0 Å². The van der Waals surface area contributed by atoms with Gasteiger partial charge in [0.15, 0.2) is 0 Å². The van der Waals surface area contributed by atoms with Crippen LogP contribution in [0.1, 0.15) is 69.9 Å². The zero-order valence-electron chi connectivity index (χ0n) is 19.1. The van der Waals surface area contributed by atoms with E-state index in [1.54, 1.807) is 6.08 Å². The SMILES string of the molecule is C=C/C=C\C(=BCc1ccc(C2C=CC=CC2)cc1)C(C)C(O)CCC(C)CCC. The molecule has 0 aromatic heterocycles. The van der Waals surface area contributed by atoms with Crippen LogP contribution in [0.5, 0.6) is 0 Å². The van der Waals surface area contributed by atoms with E-state index >= 15 is 0 Å². The van der Waals surface area contributed by atoms with Gasteiger partial charge in [0.05, 0.1) is 0 Å². The fraction of sp³-hybridized carbons (Fsp3) is 0.464. The third-order valence-electron chi connectivity index (χ3n) is 6.23. The number of aliphatic hydroxyl groups excluding tert-OH is 1. The van der Waals surface area contributed by atoms with E-state index in [1.165, 1.54) is 29.4 Å². The molecule has 0 spiro atoms. The topological polar surface area (TPSA) is 20.2 Å². The summed E-state index contributed by atoms with van der Waals surface area (Å²) in [6, 6.07) is 8.98. The molecule has 4 unspecified atom stereocenters. The van der Waals surface area contributed by atoms with E-state index in [1.807, 2.05) is 6.08 Å². The summed E-state index contributed by atoms with van der Waals surface area (Å²) in [4.78, 5) is 0. The number of benzene rings is 1. The Morgan fingerprint density at radius 2 is 1.93 bits per heavy atom. The second-order valence-corrected chi connectivity index (χ2v) is 8.73. The molecular formula is C28H39BO. The molecule has 0 saturated heterocycles. The molecule has 1 aromatic rings. The molecule has 0 radical (unpaired) electrons. The summed E-state index contributed by atoms with van der Waals surface area (Å²) in [6.45, 7) is 12.7. The molecule has 1 aliphatic carbocycles. The molecule has 0 aliphatic heterocycles. The summed E-state index contributed by atoms with van der Waals surface area (Å²) < 4.78 is 0. The van der Waals surface area contributed by atoms with E-state index in [0.29, 0.717) is 11.8 Å². The zero-order chi connectivity index (χ0) is 21.8. The fourth-order valence-corrected chi connectivity index (χ4v) is 4.11. The molecule has 0 bridgehead atoms. The monoisotopic (exact) mass is 402 g/mol. The number of allylic oxidation sites excluding steroid dienone is 7. The first kappa shape index (κ1) is 24.3. The Balaban J connectivity index is 2.01. The van der Waals surface area contributed by atoms with Crippen LogP contribution < -0.4 is 0 Å². The summed E-state index contributed by atoms with van der Waals surface area (Å²) in [5.41, 5.74) is 3.87. The third-order valence-corrected chi connectivity index (χ3v) is 6.23. The molecule has 160 valence electrons. The Hall–Kier alpha value is -1.93. The van der Waals surface area contributed by atoms with Crippen LogP contribution in [0.3, 0.4) is 0 Å². The van der Waals surface area contributed by atoms with Crippen molar-refractivity contribution >= 4 is 12.4 Å². The Bertz CT molecular complexity index is 753. The van der Waals surface area contributed by atoms with Crippen molar-refractivity contribution in [1.29, 1.82) is 0 Å². The average molecular weight is 402 g/mol. The molecule has 1 N–H and O–H groups in total. The first-order chi connectivity index (χ1) is 14.5. The van der Waals surface area contributed by atoms with Crippen LogP contribution in [0.4, 0.5) is 0 Å². The number of aliphatic hydroxyl groups is 1. The van der Waals surface area contributed by atoms with Gasteiger partial charge in [0, 0.05) is 0 Å². The first-order valence-electron chi connectivity index (χ1n) is 11.6. The van der Waals surface area contributed by atoms with Crippen molar-refractivity contribution in [3.05, 3.63) is 84.5 Å². The standard InChI is InChI=1S/C28H39BO/c1-5-7-14-27(23(4)28(30)20-15-22(3)11-6-2)29-21-24-16-18-26(19-17-24)25-12-9-8-10-13-25/h5,7-10,12,14,16-19,22-23,25,28,30H,1,6,11,13,15,20-21H2,2-4H3/b14-7-. The number of hydrogen-bond donors (Lipinski definition) is 1. The summed E-state index contributed by atoms with van der Waals surface area (Å²) in [6.07, 6.45) is 20.7. The van der Waals surface area contributed by atoms with Crippen LogP contribution >= 0.6 is 0 Å². The van der Waals surface area contributed by atoms with Crippen molar-refractivity contribution in [3.8, 4) is 0 Å². The Morgan fingerprint density at radius 1 is 1.17 bits per heavy atom. The maximum absolute atomic E-state index is 10.8. The van der Waals surface area contributed by atoms with Gasteiger partial charge in [0.25, 0.3) is 0 Å².